The van der Waals surface area contributed by atoms with Crippen LogP contribution >= 0.6 is 0 Å². The van der Waals surface area contributed by atoms with Gasteiger partial charge in [-0.05, 0) is 18.9 Å². The molecule has 3 heteroatoms. The first-order valence-electron chi connectivity index (χ1n) is 6.03. The summed E-state index contributed by atoms with van der Waals surface area (Å²) in [6.07, 6.45) is 1.11. The van der Waals surface area contributed by atoms with Crippen LogP contribution in [0.2, 0.25) is 0 Å². The molecule has 90 valence electrons. The van der Waals surface area contributed by atoms with Gasteiger partial charge in [-0.1, -0.05) is 20.8 Å². The van der Waals surface area contributed by atoms with Gasteiger partial charge in [-0.2, -0.15) is 0 Å². The monoisotopic (exact) mass is 213 g/mol. The Morgan fingerprint density at radius 1 is 1.13 bits per heavy atom. The summed E-state index contributed by atoms with van der Waals surface area (Å²) < 4.78 is 0. The maximum absolute atomic E-state index is 6.17. The maximum Gasteiger partial charge on any atom is 0.0172 e. The lowest BCUT2D eigenvalue weighted by Crippen LogP contribution is -2.49. The summed E-state index contributed by atoms with van der Waals surface area (Å²) in [5.41, 5.74) is 6.52. The van der Waals surface area contributed by atoms with Gasteiger partial charge >= 0.3 is 0 Å². The number of nitrogens with zero attached hydrogens (tertiary/aromatic N) is 2. The number of nitrogens with two attached hydrogens (primary N) is 1. The Morgan fingerprint density at radius 2 is 1.67 bits per heavy atom. The van der Waals surface area contributed by atoms with Crippen LogP contribution in [0.25, 0.3) is 0 Å². The Hall–Kier alpha value is -0.120. The van der Waals surface area contributed by atoms with Gasteiger partial charge in [-0.3, -0.25) is 4.90 Å². The lowest BCUT2D eigenvalue weighted by atomic mass is 9.88. The summed E-state index contributed by atoms with van der Waals surface area (Å²) in [5, 5.41) is 0. The van der Waals surface area contributed by atoms with Crippen LogP contribution in [-0.4, -0.2) is 55.6 Å². The third-order valence-electron chi connectivity index (χ3n) is 2.96. The lowest BCUT2D eigenvalue weighted by molar-refractivity contribution is 0.140. The molecule has 3 nitrogen and oxygen atoms in total. The summed E-state index contributed by atoms with van der Waals surface area (Å²) in [7, 11) is 2.19. The molecule has 2 N–H and O–H groups in total. The van der Waals surface area contributed by atoms with E-state index in [1.165, 1.54) is 26.2 Å². The first kappa shape index (κ1) is 12.9. The van der Waals surface area contributed by atoms with Crippen molar-refractivity contribution in [3.8, 4) is 0 Å². The third kappa shape index (κ3) is 5.50. The molecule has 0 aromatic rings. The molecule has 1 aliphatic heterocycles. The van der Waals surface area contributed by atoms with Crippen LogP contribution in [0.3, 0.4) is 0 Å². The van der Waals surface area contributed by atoms with Crippen LogP contribution in [0.1, 0.15) is 27.2 Å². The van der Waals surface area contributed by atoms with Crippen molar-refractivity contribution in [1.29, 1.82) is 0 Å². The van der Waals surface area contributed by atoms with Gasteiger partial charge in [-0.25, -0.2) is 0 Å². The predicted octanol–water partition coefficient (Wildman–Crippen LogP) is 0.997. The second kappa shape index (κ2) is 5.28. The van der Waals surface area contributed by atoms with Crippen LogP contribution in [0, 0.1) is 5.41 Å². The summed E-state index contributed by atoms with van der Waals surface area (Å²) in [5.74, 6) is 0. The van der Waals surface area contributed by atoms with Crippen molar-refractivity contribution < 1.29 is 0 Å². The van der Waals surface area contributed by atoms with Gasteiger partial charge in [-0.15, -0.1) is 0 Å². The average molecular weight is 213 g/mol. The molecule has 0 radical (unpaired) electrons. The van der Waals surface area contributed by atoms with Crippen LogP contribution in [0.5, 0.6) is 0 Å². The highest BCUT2D eigenvalue weighted by Crippen LogP contribution is 2.20. The SMILES string of the molecule is CN1CCN(CC(N)CC(C)(C)C)CC1. The van der Waals surface area contributed by atoms with Gasteiger partial charge in [0.05, 0.1) is 0 Å². The molecular weight excluding hydrogens is 186 g/mol. The Kier molecular flexibility index (Phi) is 4.56. The van der Waals surface area contributed by atoms with Crippen molar-refractivity contribution in [3.05, 3.63) is 0 Å². The normalized spacial score (nSPS) is 23.0. The summed E-state index contributed by atoms with van der Waals surface area (Å²) in [6, 6.07) is 0.327. The van der Waals surface area contributed by atoms with Gasteiger partial charge in [0, 0.05) is 38.8 Å². The first-order chi connectivity index (χ1) is 6.87. The molecule has 1 atom stereocenters. The van der Waals surface area contributed by atoms with E-state index in [-0.39, 0.29) is 0 Å². The Balaban J connectivity index is 2.23. The highest BCUT2D eigenvalue weighted by Gasteiger charge is 2.20. The molecule has 0 saturated carbocycles. The third-order valence-corrected chi connectivity index (χ3v) is 2.96. The first-order valence-corrected chi connectivity index (χ1v) is 6.03. The fraction of sp³-hybridized carbons (Fsp3) is 1.00. The van der Waals surface area contributed by atoms with Crippen LogP contribution in [-0.2, 0) is 0 Å². The number of rotatable bonds is 3. The molecule has 0 aliphatic carbocycles. The van der Waals surface area contributed by atoms with Gasteiger partial charge in [0.1, 0.15) is 0 Å². The summed E-state index contributed by atoms with van der Waals surface area (Å²) >= 11 is 0. The highest BCUT2D eigenvalue weighted by atomic mass is 15.2. The van der Waals surface area contributed by atoms with E-state index in [0.717, 1.165) is 13.0 Å². The molecule has 0 spiro atoms. The smallest absolute Gasteiger partial charge is 0.0172 e. The van der Waals surface area contributed by atoms with E-state index in [9.17, 15) is 0 Å². The molecule has 1 fully saturated rings. The van der Waals surface area contributed by atoms with Crippen molar-refractivity contribution in [2.75, 3.05) is 39.8 Å². The van der Waals surface area contributed by atoms with Crippen molar-refractivity contribution >= 4 is 0 Å². The number of likely N-dealkylation sites (N-methyl/N-ethyl adjacent to an activating group) is 1. The Morgan fingerprint density at radius 3 is 2.13 bits per heavy atom. The molecule has 0 amide bonds. The van der Waals surface area contributed by atoms with Crippen LogP contribution in [0.4, 0.5) is 0 Å². The van der Waals surface area contributed by atoms with E-state index in [2.05, 4.69) is 37.6 Å². The van der Waals surface area contributed by atoms with Crippen molar-refractivity contribution in [3.63, 3.8) is 0 Å². The van der Waals surface area contributed by atoms with E-state index < -0.39 is 0 Å². The number of hydrogen-bond donors (Lipinski definition) is 1. The van der Waals surface area contributed by atoms with Crippen LogP contribution in [0.15, 0.2) is 0 Å². The van der Waals surface area contributed by atoms with E-state index >= 15 is 0 Å². The zero-order valence-electron chi connectivity index (χ0n) is 10.8. The van der Waals surface area contributed by atoms with Gasteiger partial charge in [0.2, 0.25) is 0 Å². The highest BCUT2D eigenvalue weighted by molar-refractivity contribution is 4.77. The largest absolute Gasteiger partial charge is 0.327 e. The lowest BCUT2D eigenvalue weighted by Gasteiger charge is -2.35. The fourth-order valence-electron chi connectivity index (χ4n) is 2.21. The van der Waals surface area contributed by atoms with Crippen molar-refractivity contribution in [1.82, 2.24) is 9.80 Å². The van der Waals surface area contributed by atoms with E-state index in [4.69, 9.17) is 5.73 Å². The van der Waals surface area contributed by atoms with Crippen molar-refractivity contribution in [2.24, 2.45) is 11.1 Å². The molecule has 1 heterocycles. The average Bonchev–Trinajstić information content (AvgIpc) is 2.05. The van der Waals surface area contributed by atoms with E-state index in [0.29, 0.717) is 11.5 Å². The molecule has 15 heavy (non-hydrogen) atoms. The minimum Gasteiger partial charge on any atom is -0.327 e. The van der Waals surface area contributed by atoms with Gasteiger partial charge in [0.25, 0.3) is 0 Å². The zero-order chi connectivity index (χ0) is 11.5. The fourth-order valence-corrected chi connectivity index (χ4v) is 2.21. The maximum atomic E-state index is 6.17. The van der Waals surface area contributed by atoms with E-state index in [1.807, 2.05) is 0 Å². The molecule has 0 bridgehead atoms. The zero-order valence-corrected chi connectivity index (χ0v) is 10.8. The van der Waals surface area contributed by atoms with Crippen molar-refractivity contribution in [2.45, 2.75) is 33.2 Å². The summed E-state index contributed by atoms with van der Waals surface area (Å²) in [6.45, 7) is 12.6. The Bertz CT molecular complexity index is 178. The second-order valence-electron chi connectivity index (χ2n) is 6.13. The van der Waals surface area contributed by atoms with Gasteiger partial charge < -0.3 is 10.6 Å². The molecule has 1 unspecified atom stereocenters. The van der Waals surface area contributed by atoms with E-state index in [1.54, 1.807) is 0 Å². The molecule has 0 aromatic heterocycles. The minimum atomic E-state index is 0.327. The van der Waals surface area contributed by atoms with Crippen LogP contribution < -0.4 is 5.73 Å². The number of hydrogen-bond acceptors (Lipinski definition) is 3. The number of piperazine rings is 1. The Labute approximate surface area is 94.6 Å². The predicted molar refractivity (Wildman–Crippen MR) is 66.0 cm³/mol. The van der Waals surface area contributed by atoms with Gasteiger partial charge in [0.15, 0.2) is 0 Å². The second-order valence-corrected chi connectivity index (χ2v) is 6.13. The molecule has 1 aliphatic rings. The molecule has 1 rings (SSSR count). The molecule has 1 saturated heterocycles. The summed E-state index contributed by atoms with van der Waals surface area (Å²) in [4.78, 5) is 4.88. The topological polar surface area (TPSA) is 32.5 Å². The quantitative estimate of drug-likeness (QED) is 0.759. The molecule has 0 aromatic carbocycles. The molecular formula is C12H27N3. The standard InChI is InChI=1S/C12H27N3/c1-12(2,3)9-11(13)10-15-7-5-14(4)6-8-15/h11H,5-10,13H2,1-4H3. The minimum absolute atomic E-state index is 0.327.